The monoisotopic (exact) mass is 303 g/mol. The van der Waals surface area contributed by atoms with E-state index in [4.69, 9.17) is 39.5 Å². The van der Waals surface area contributed by atoms with Crippen molar-refractivity contribution in [2.75, 3.05) is 0 Å². The molecule has 0 unspecified atom stereocenters. The molecule has 0 N–H and O–H groups in total. The van der Waals surface area contributed by atoms with Crippen LogP contribution >= 0.6 is 34.8 Å². The first-order valence-electron chi connectivity index (χ1n) is 4.97. The molecule has 1 aromatic carbocycles. The van der Waals surface area contributed by atoms with E-state index in [0.717, 1.165) is 11.1 Å². The van der Waals surface area contributed by atoms with Crippen molar-refractivity contribution in [3.05, 3.63) is 38.8 Å². The maximum absolute atomic E-state index is 6.06. The lowest BCUT2D eigenvalue weighted by Gasteiger charge is -2.08. The van der Waals surface area contributed by atoms with Gasteiger partial charge in [-0.05, 0) is 60.3 Å². The van der Waals surface area contributed by atoms with Crippen LogP contribution in [-0.4, -0.2) is 15.0 Å². The van der Waals surface area contributed by atoms with Gasteiger partial charge in [0.1, 0.15) is 5.75 Å². The van der Waals surface area contributed by atoms with Gasteiger partial charge in [-0.3, -0.25) is 0 Å². The Labute approximate surface area is 119 Å². The molecule has 1 heterocycles. The van der Waals surface area contributed by atoms with E-state index in [1.807, 2.05) is 13.8 Å². The van der Waals surface area contributed by atoms with Gasteiger partial charge in [0.15, 0.2) is 0 Å². The average Bonchev–Trinajstić information content (AvgIpc) is 2.24. The van der Waals surface area contributed by atoms with Gasteiger partial charge >= 0.3 is 6.01 Å². The Kier molecular flexibility index (Phi) is 3.90. The number of nitrogens with zero attached hydrogens (tertiary/aromatic N) is 3. The van der Waals surface area contributed by atoms with Crippen molar-refractivity contribution in [2.45, 2.75) is 13.8 Å². The minimum absolute atomic E-state index is 0.0209. The third kappa shape index (κ3) is 3.02. The summed E-state index contributed by atoms with van der Waals surface area (Å²) in [6.07, 6.45) is 0. The van der Waals surface area contributed by atoms with Crippen LogP contribution in [0.25, 0.3) is 0 Å². The normalized spacial score (nSPS) is 10.5. The summed E-state index contributed by atoms with van der Waals surface area (Å²) in [5.41, 5.74) is 1.80. The van der Waals surface area contributed by atoms with Crippen LogP contribution in [0, 0.1) is 13.8 Å². The Balaban J connectivity index is 2.34. The molecular weight excluding hydrogens is 296 g/mol. The van der Waals surface area contributed by atoms with Gasteiger partial charge < -0.3 is 4.74 Å². The van der Waals surface area contributed by atoms with Gasteiger partial charge in [-0.15, -0.1) is 0 Å². The summed E-state index contributed by atoms with van der Waals surface area (Å²) in [5.74, 6) is 0.563. The maximum Gasteiger partial charge on any atom is 0.327 e. The third-order valence-electron chi connectivity index (χ3n) is 2.18. The highest BCUT2D eigenvalue weighted by Crippen LogP contribution is 2.28. The van der Waals surface area contributed by atoms with E-state index in [0.29, 0.717) is 10.8 Å². The van der Waals surface area contributed by atoms with Crippen LogP contribution in [0.5, 0.6) is 11.8 Å². The molecule has 0 radical (unpaired) electrons. The van der Waals surface area contributed by atoms with Gasteiger partial charge in [-0.2, -0.15) is 15.0 Å². The highest BCUT2D eigenvalue weighted by molar-refractivity contribution is 6.32. The first kappa shape index (κ1) is 13.3. The van der Waals surface area contributed by atoms with Gasteiger partial charge in [-0.1, -0.05) is 11.6 Å². The molecule has 4 nitrogen and oxygen atoms in total. The first-order chi connectivity index (χ1) is 8.45. The summed E-state index contributed by atoms with van der Waals surface area (Å²) >= 11 is 17.4. The number of halogens is 3. The molecule has 18 heavy (non-hydrogen) atoms. The largest absolute Gasteiger partial charge is 0.424 e. The van der Waals surface area contributed by atoms with Crippen LogP contribution in [0.2, 0.25) is 15.6 Å². The molecule has 94 valence electrons. The molecule has 0 spiro atoms. The zero-order valence-corrected chi connectivity index (χ0v) is 11.8. The van der Waals surface area contributed by atoms with Crippen LogP contribution in [0.15, 0.2) is 12.1 Å². The smallest absolute Gasteiger partial charge is 0.327 e. The Hall–Kier alpha value is -1.10. The van der Waals surface area contributed by atoms with Gasteiger partial charge in [0.05, 0.1) is 0 Å². The topological polar surface area (TPSA) is 47.9 Å². The van der Waals surface area contributed by atoms with E-state index in [1.54, 1.807) is 12.1 Å². The van der Waals surface area contributed by atoms with Crippen molar-refractivity contribution < 1.29 is 4.74 Å². The summed E-state index contributed by atoms with van der Waals surface area (Å²) in [6, 6.07) is 3.60. The van der Waals surface area contributed by atoms with Gasteiger partial charge in [0.25, 0.3) is 0 Å². The molecule has 0 saturated heterocycles. The molecule has 0 atom stereocenters. The second-order valence-corrected chi connectivity index (χ2v) is 4.68. The van der Waals surface area contributed by atoms with Crippen molar-refractivity contribution in [1.29, 1.82) is 0 Å². The molecule has 0 bridgehead atoms. The summed E-state index contributed by atoms with van der Waals surface area (Å²) in [4.78, 5) is 11.3. The number of ether oxygens (including phenoxy) is 1. The lowest BCUT2D eigenvalue weighted by atomic mass is 10.1. The minimum Gasteiger partial charge on any atom is -0.424 e. The van der Waals surface area contributed by atoms with Crippen LogP contribution < -0.4 is 4.74 Å². The van der Waals surface area contributed by atoms with Crippen LogP contribution in [0.4, 0.5) is 0 Å². The van der Waals surface area contributed by atoms with Gasteiger partial charge in [0, 0.05) is 5.02 Å². The maximum atomic E-state index is 6.06. The van der Waals surface area contributed by atoms with E-state index < -0.39 is 0 Å². The second kappa shape index (κ2) is 5.26. The van der Waals surface area contributed by atoms with Crippen LogP contribution in [0.3, 0.4) is 0 Å². The fourth-order valence-electron chi connectivity index (χ4n) is 1.43. The van der Waals surface area contributed by atoms with E-state index >= 15 is 0 Å². The third-order valence-corrected chi connectivity index (χ3v) is 3.11. The fraction of sp³-hybridized carbons (Fsp3) is 0.182. The zero-order valence-electron chi connectivity index (χ0n) is 9.54. The number of hydrogen-bond donors (Lipinski definition) is 0. The zero-order chi connectivity index (χ0) is 13.3. The van der Waals surface area contributed by atoms with Crippen molar-refractivity contribution in [3.8, 4) is 11.8 Å². The summed E-state index contributed by atoms with van der Waals surface area (Å²) in [7, 11) is 0. The molecule has 1 aromatic heterocycles. The van der Waals surface area contributed by atoms with Crippen molar-refractivity contribution in [2.24, 2.45) is 0 Å². The molecule has 0 saturated carbocycles. The highest BCUT2D eigenvalue weighted by atomic mass is 35.5. The van der Waals surface area contributed by atoms with Crippen molar-refractivity contribution >= 4 is 34.8 Å². The Morgan fingerprint density at radius 1 is 0.889 bits per heavy atom. The van der Waals surface area contributed by atoms with Crippen LogP contribution in [0.1, 0.15) is 11.1 Å². The molecule has 0 aliphatic rings. The fourth-order valence-corrected chi connectivity index (χ4v) is 1.88. The summed E-state index contributed by atoms with van der Waals surface area (Å²) in [6.45, 7) is 3.77. The molecule has 0 fully saturated rings. The van der Waals surface area contributed by atoms with E-state index in [9.17, 15) is 0 Å². The molecule has 2 aromatic rings. The molecule has 0 aliphatic heterocycles. The van der Waals surface area contributed by atoms with Gasteiger partial charge in [-0.25, -0.2) is 0 Å². The quantitative estimate of drug-likeness (QED) is 0.832. The summed E-state index contributed by atoms with van der Waals surface area (Å²) < 4.78 is 5.47. The number of rotatable bonds is 2. The molecule has 7 heteroatoms. The molecule has 0 amide bonds. The SMILES string of the molecule is Cc1cc(Oc2nc(Cl)nc(Cl)n2)cc(C)c1Cl. The second-order valence-electron chi connectivity index (χ2n) is 3.63. The Bertz CT molecular complexity index is 561. The van der Waals surface area contributed by atoms with Crippen molar-refractivity contribution in [1.82, 2.24) is 15.0 Å². The van der Waals surface area contributed by atoms with Crippen molar-refractivity contribution in [3.63, 3.8) is 0 Å². The van der Waals surface area contributed by atoms with E-state index in [1.165, 1.54) is 0 Å². The lowest BCUT2D eigenvalue weighted by Crippen LogP contribution is -1.96. The predicted molar refractivity (Wildman–Crippen MR) is 70.8 cm³/mol. The highest BCUT2D eigenvalue weighted by Gasteiger charge is 2.08. The minimum atomic E-state index is -0.0209. The summed E-state index contributed by atoms with van der Waals surface area (Å²) in [5, 5.41) is 0.661. The lowest BCUT2D eigenvalue weighted by molar-refractivity contribution is 0.439. The molecule has 2 rings (SSSR count). The average molecular weight is 305 g/mol. The Morgan fingerprint density at radius 3 is 1.89 bits per heavy atom. The standard InChI is InChI=1S/C11H8Cl3N3O/c1-5-3-7(4-6(2)8(5)12)18-11-16-9(13)15-10(14)17-11/h3-4H,1-2H3. The molecular formula is C11H8Cl3N3O. The van der Waals surface area contributed by atoms with E-state index in [-0.39, 0.29) is 16.6 Å². The first-order valence-corrected chi connectivity index (χ1v) is 6.11. The van der Waals surface area contributed by atoms with Crippen LogP contribution in [-0.2, 0) is 0 Å². The number of hydrogen-bond acceptors (Lipinski definition) is 4. The Morgan fingerprint density at radius 2 is 1.39 bits per heavy atom. The molecule has 0 aliphatic carbocycles. The number of benzene rings is 1. The number of aryl methyl sites for hydroxylation is 2. The van der Waals surface area contributed by atoms with Gasteiger partial charge in [0.2, 0.25) is 10.6 Å². The van der Waals surface area contributed by atoms with E-state index in [2.05, 4.69) is 15.0 Å². The predicted octanol–water partition coefficient (Wildman–Crippen LogP) is 4.24. The number of aromatic nitrogens is 3.